The Balaban J connectivity index is 1.35. The van der Waals surface area contributed by atoms with E-state index in [9.17, 15) is 10.1 Å². The highest BCUT2D eigenvalue weighted by Gasteiger charge is 2.24. The summed E-state index contributed by atoms with van der Waals surface area (Å²) in [6.07, 6.45) is 0. The number of nitro groups is 1. The van der Waals surface area contributed by atoms with Crippen molar-refractivity contribution >= 4 is 49.4 Å². The fourth-order valence-electron chi connectivity index (χ4n) is 6.94. The molecule has 2 heterocycles. The van der Waals surface area contributed by atoms with Crippen LogP contribution in [0.1, 0.15) is 0 Å². The molecule has 5 heteroatoms. The lowest BCUT2D eigenvalue weighted by Gasteiger charge is -2.19. The maximum Gasteiger partial charge on any atom is 0.270 e. The van der Waals surface area contributed by atoms with Gasteiger partial charge in [-0.05, 0) is 58.7 Å². The first kappa shape index (κ1) is 26.9. The molecular weight excluding hydrogens is 580 g/mol. The summed E-state index contributed by atoms with van der Waals surface area (Å²) in [5.41, 5.74) is 10.4. The van der Waals surface area contributed by atoms with Gasteiger partial charge in [0.05, 0.1) is 21.6 Å². The molecule has 0 bridgehead atoms. The van der Waals surface area contributed by atoms with E-state index in [-0.39, 0.29) is 10.6 Å². The number of nitrogens with zero attached hydrogens (tertiary/aromatic N) is 2. The quantitative estimate of drug-likeness (QED) is 0.145. The van der Waals surface area contributed by atoms with Gasteiger partial charge in [-0.2, -0.15) is 0 Å². The summed E-state index contributed by atoms with van der Waals surface area (Å²) < 4.78 is 8.37. The predicted octanol–water partition coefficient (Wildman–Crippen LogP) is 11.6. The molecule has 0 fully saturated rings. The van der Waals surface area contributed by atoms with Gasteiger partial charge in [0.15, 0.2) is 0 Å². The van der Waals surface area contributed by atoms with Crippen molar-refractivity contribution in [3.63, 3.8) is 0 Å². The Kier molecular flexibility index (Phi) is 6.05. The van der Waals surface area contributed by atoms with Crippen LogP contribution < -0.4 is 0 Å². The first-order valence-corrected chi connectivity index (χ1v) is 15.5. The maximum atomic E-state index is 12.3. The molecule has 0 saturated carbocycles. The smallest absolute Gasteiger partial charge is 0.270 e. The van der Waals surface area contributed by atoms with Crippen LogP contribution in [0.5, 0.6) is 0 Å². The third-order valence-electron chi connectivity index (χ3n) is 9.08. The lowest BCUT2D eigenvalue weighted by atomic mass is 9.94. The SMILES string of the molecule is O=[N+]([O-])c1cc(-c2ccccc2)c(-n2c3ccccc3c3cc(-c4ccc5oc6ccccc6c5c4)ccc32)c(-c2ccccc2)c1. The Hall–Kier alpha value is -6.46. The van der Waals surface area contributed by atoms with Crippen LogP contribution in [0.2, 0.25) is 0 Å². The number of non-ortho nitro benzene ring substituents is 1. The van der Waals surface area contributed by atoms with Gasteiger partial charge in [-0.15, -0.1) is 0 Å². The molecule has 0 unspecified atom stereocenters. The van der Waals surface area contributed by atoms with Gasteiger partial charge in [0, 0.05) is 44.8 Å². The molecule has 9 rings (SSSR count). The van der Waals surface area contributed by atoms with Crippen molar-refractivity contribution in [3.8, 4) is 39.1 Å². The normalized spacial score (nSPS) is 11.6. The monoisotopic (exact) mass is 606 g/mol. The predicted molar refractivity (Wildman–Crippen MR) is 191 cm³/mol. The van der Waals surface area contributed by atoms with Crippen molar-refractivity contribution in [2.24, 2.45) is 0 Å². The van der Waals surface area contributed by atoms with E-state index in [0.29, 0.717) is 0 Å². The zero-order chi connectivity index (χ0) is 31.5. The fraction of sp³-hybridized carbons (Fsp3) is 0. The van der Waals surface area contributed by atoms with Gasteiger partial charge in [0.1, 0.15) is 11.2 Å². The number of para-hydroxylation sites is 2. The second-order valence-corrected chi connectivity index (χ2v) is 11.8. The molecule has 2 aromatic heterocycles. The second kappa shape index (κ2) is 10.6. The zero-order valence-electron chi connectivity index (χ0n) is 25.1. The molecule has 0 N–H and O–H groups in total. The van der Waals surface area contributed by atoms with Crippen molar-refractivity contribution in [3.05, 3.63) is 168 Å². The summed E-state index contributed by atoms with van der Waals surface area (Å²) in [4.78, 5) is 12.0. The van der Waals surface area contributed by atoms with E-state index in [0.717, 1.165) is 82.8 Å². The molecule has 0 radical (unpaired) electrons. The van der Waals surface area contributed by atoms with E-state index in [1.54, 1.807) is 12.1 Å². The molecule has 9 aromatic rings. The lowest BCUT2D eigenvalue weighted by Crippen LogP contribution is -2.02. The van der Waals surface area contributed by atoms with Gasteiger partial charge in [0.25, 0.3) is 5.69 Å². The van der Waals surface area contributed by atoms with Crippen molar-refractivity contribution < 1.29 is 9.34 Å². The van der Waals surface area contributed by atoms with E-state index >= 15 is 0 Å². The molecule has 0 spiro atoms. The Morgan fingerprint density at radius 1 is 0.468 bits per heavy atom. The fourth-order valence-corrected chi connectivity index (χ4v) is 6.94. The van der Waals surface area contributed by atoms with Crippen molar-refractivity contribution in [1.29, 1.82) is 0 Å². The van der Waals surface area contributed by atoms with Gasteiger partial charge >= 0.3 is 0 Å². The summed E-state index contributed by atoms with van der Waals surface area (Å²) >= 11 is 0. The third-order valence-corrected chi connectivity index (χ3v) is 9.08. The highest BCUT2D eigenvalue weighted by atomic mass is 16.6. The molecule has 5 nitrogen and oxygen atoms in total. The third kappa shape index (κ3) is 4.32. The van der Waals surface area contributed by atoms with Crippen LogP contribution in [0, 0.1) is 10.1 Å². The molecular formula is C42H26N2O3. The summed E-state index contributed by atoms with van der Waals surface area (Å²) in [5.74, 6) is 0. The lowest BCUT2D eigenvalue weighted by molar-refractivity contribution is -0.384. The molecule has 0 aliphatic rings. The topological polar surface area (TPSA) is 61.2 Å². The minimum Gasteiger partial charge on any atom is -0.456 e. The molecule has 222 valence electrons. The average molecular weight is 607 g/mol. The molecule has 0 amide bonds. The average Bonchev–Trinajstić information content (AvgIpc) is 3.66. The van der Waals surface area contributed by atoms with Crippen LogP contribution >= 0.6 is 0 Å². The molecule has 0 saturated heterocycles. The minimum atomic E-state index is -0.305. The molecule has 0 atom stereocenters. The van der Waals surface area contributed by atoms with Crippen LogP contribution in [-0.2, 0) is 0 Å². The minimum absolute atomic E-state index is 0.0525. The highest BCUT2D eigenvalue weighted by molar-refractivity contribution is 6.12. The van der Waals surface area contributed by atoms with Gasteiger partial charge in [-0.3, -0.25) is 10.1 Å². The Bertz CT molecular complexity index is 2590. The summed E-state index contributed by atoms with van der Waals surface area (Å²) in [5, 5.41) is 16.7. The number of rotatable bonds is 5. The second-order valence-electron chi connectivity index (χ2n) is 11.8. The van der Waals surface area contributed by atoms with Crippen LogP contribution in [-0.4, -0.2) is 9.49 Å². The van der Waals surface area contributed by atoms with Gasteiger partial charge in [-0.1, -0.05) is 109 Å². The highest BCUT2D eigenvalue weighted by Crippen LogP contribution is 2.44. The number of hydrogen-bond donors (Lipinski definition) is 0. The molecule has 0 aliphatic heterocycles. The number of hydrogen-bond acceptors (Lipinski definition) is 3. The van der Waals surface area contributed by atoms with E-state index in [2.05, 4.69) is 59.2 Å². The Morgan fingerprint density at radius 2 is 1.00 bits per heavy atom. The largest absolute Gasteiger partial charge is 0.456 e. The van der Waals surface area contributed by atoms with Crippen LogP contribution in [0.15, 0.2) is 162 Å². The van der Waals surface area contributed by atoms with Crippen molar-refractivity contribution in [1.82, 2.24) is 4.57 Å². The van der Waals surface area contributed by atoms with E-state index in [1.807, 2.05) is 91.0 Å². The first-order valence-electron chi connectivity index (χ1n) is 15.5. The number of furan rings is 1. The molecule has 47 heavy (non-hydrogen) atoms. The van der Waals surface area contributed by atoms with Crippen molar-refractivity contribution in [2.75, 3.05) is 0 Å². The first-order chi connectivity index (χ1) is 23.1. The molecule has 7 aromatic carbocycles. The van der Waals surface area contributed by atoms with Crippen LogP contribution in [0.4, 0.5) is 5.69 Å². The zero-order valence-corrected chi connectivity index (χ0v) is 25.1. The van der Waals surface area contributed by atoms with E-state index < -0.39 is 0 Å². The summed E-state index contributed by atoms with van der Waals surface area (Å²) in [7, 11) is 0. The standard InChI is InChI=1S/C42H26N2O3/c45-44(46)31-25-34(27-11-3-1-4-12-27)42(35(26-31)28-13-5-2-6-14-28)43-38-17-9-7-15-32(38)36-23-29(19-21-39(36)43)30-20-22-41-37(24-30)33-16-8-10-18-40(33)47-41/h1-26H. The summed E-state index contributed by atoms with van der Waals surface area (Å²) in [6.45, 7) is 0. The van der Waals surface area contributed by atoms with Gasteiger partial charge in [-0.25, -0.2) is 0 Å². The number of benzene rings is 7. The maximum absolute atomic E-state index is 12.3. The molecule has 0 aliphatic carbocycles. The van der Waals surface area contributed by atoms with Gasteiger partial charge in [0.2, 0.25) is 0 Å². The Morgan fingerprint density at radius 3 is 1.68 bits per heavy atom. The van der Waals surface area contributed by atoms with Gasteiger partial charge < -0.3 is 8.98 Å². The Labute approximate surface area is 269 Å². The van der Waals surface area contributed by atoms with Crippen molar-refractivity contribution in [2.45, 2.75) is 0 Å². The van der Waals surface area contributed by atoms with E-state index in [4.69, 9.17) is 4.42 Å². The van der Waals surface area contributed by atoms with Crippen LogP contribution in [0.3, 0.4) is 0 Å². The number of nitro benzene ring substituents is 1. The van der Waals surface area contributed by atoms with E-state index in [1.165, 1.54) is 0 Å². The van der Waals surface area contributed by atoms with Crippen LogP contribution in [0.25, 0.3) is 82.8 Å². The summed E-state index contributed by atoms with van der Waals surface area (Å²) in [6, 6.07) is 52.8. The number of aromatic nitrogens is 1. The number of fused-ring (bicyclic) bond motifs is 6.